The number of amides is 1. The van der Waals surface area contributed by atoms with Crippen LogP contribution in [0.1, 0.15) is 0 Å². The molecule has 2 heterocycles. The zero-order valence-electron chi connectivity index (χ0n) is 14.2. The lowest BCUT2D eigenvalue weighted by molar-refractivity contribution is -0.118. The summed E-state index contributed by atoms with van der Waals surface area (Å²) >= 11 is 0. The first-order valence-corrected chi connectivity index (χ1v) is 8.26. The van der Waals surface area contributed by atoms with Gasteiger partial charge >= 0.3 is 0 Å². The van der Waals surface area contributed by atoms with Gasteiger partial charge in [-0.25, -0.2) is 14.4 Å². The number of hydrogen-bond donors (Lipinski definition) is 1. The van der Waals surface area contributed by atoms with Gasteiger partial charge in [0, 0.05) is 0 Å². The molecule has 4 rings (SSSR count). The van der Waals surface area contributed by atoms with Crippen molar-refractivity contribution in [3.05, 3.63) is 79.0 Å². The van der Waals surface area contributed by atoms with Gasteiger partial charge in [-0.05, 0) is 36.4 Å². The molecule has 0 unspecified atom stereocenters. The predicted molar refractivity (Wildman–Crippen MR) is 99.4 cm³/mol. The second kappa shape index (κ2) is 7.25. The molecule has 0 bridgehead atoms. The fraction of sp³-hybridized carbons (Fsp3) is 0.0500. The van der Waals surface area contributed by atoms with Gasteiger partial charge in [-0.3, -0.25) is 9.36 Å². The highest BCUT2D eigenvalue weighted by Crippen LogP contribution is 2.18. The average Bonchev–Trinajstić information content (AvgIpc) is 3.12. The average molecular weight is 362 g/mol. The molecule has 0 saturated heterocycles. The molecular formula is C20H15FN4O2. The molecule has 2 aromatic heterocycles. The number of hydrogen-bond acceptors (Lipinski definition) is 4. The highest BCUT2D eigenvalue weighted by Gasteiger charge is 2.08. The molecule has 0 aliphatic heterocycles. The summed E-state index contributed by atoms with van der Waals surface area (Å²) in [6, 6.07) is 17.2. The monoisotopic (exact) mass is 362 g/mol. The molecule has 2 aromatic carbocycles. The van der Waals surface area contributed by atoms with Gasteiger partial charge in [-0.2, -0.15) is 0 Å². The molecule has 134 valence electrons. The van der Waals surface area contributed by atoms with Crippen LogP contribution in [0.3, 0.4) is 0 Å². The van der Waals surface area contributed by atoms with Crippen molar-refractivity contribution >= 4 is 22.6 Å². The van der Waals surface area contributed by atoms with Crippen LogP contribution >= 0.6 is 0 Å². The van der Waals surface area contributed by atoms with E-state index in [0.717, 1.165) is 11.0 Å². The van der Waals surface area contributed by atoms with Crippen molar-refractivity contribution in [2.45, 2.75) is 0 Å². The van der Waals surface area contributed by atoms with Crippen LogP contribution < -0.4 is 10.1 Å². The maximum Gasteiger partial charge on any atom is 0.262 e. The summed E-state index contributed by atoms with van der Waals surface area (Å²) in [4.78, 5) is 20.7. The Labute approximate surface area is 154 Å². The Balaban J connectivity index is 1.42. The zero-order valence-corrected chi connectivity index (χ0v) is 14.2. The molecule has 4 aromatic rings. The highest BCUT2D eigenvalue weighted by molar-refractivity contribution is 5.91. The molecule has 1 amide bonds. The normalized spacial score (nSPS) is 10.7. The van der Waals surface area contributed by atoms with Gasteiger partial charge in [-0.1, -0.05) is 24.3 Å². The molecule has 0 atom stereocenters. The van der Waals surface area contributed by atoms with E-state index in [2.05, 4.69) is 15.3 Å². The number of nitrogens with zero attached hydrogens (tertiary/aromatic N) is 3. The van der Waals surface area contributed by atoms with E-state index in [9.17, 15) is 9.18 Å². The predicted octanol–water partition coefficient (Wildman–Crippen LogP) is 3.58. The van der Waals surface area contributed by atoms with E-state index < -0.39 is 11.7 Å². The van der Waals surface area contributed by atoms with Crippen molar-refractivity contribution in [2.24, 2.45) is 0 Å². The maximum absolute atomic E-state index is 13.5. The molecule has 0 spiro atoms. The number of carbonyl (C=O) groups is 1. The minimum atomic E-state index is -0.510. The Morgan fingerprint density at radius 1 is 1.04 bits per heavy atom. The summed E-state index contributed by atoms with van der Waals surface area (Å²) in [6.45, 7) is -0.297. The number of rotatable bonds is 5. The number of halogens is 1. The molecular weight excluding hydrogens is 347 g/mol. The van der Waals surface area contributed by atoms with Crippen LogP contribution in [0, 0.1) is 5.82 Å². The fourth-order valence-electron chi connectivity index (χ4n) is 2.65. The van der Waals surface area contributed by atoms with Gasteiger partial charge in [0.05, 0.1) is 22.9 Å². The van der Waals surface area contributed by atoms with Gasteiger partial charge in [0.25, 0.3) is 5.91 Å². The van der Waals surface area contributed by atoms with E-state index >= 15 is 0 Å². The molecule has 0 aliphatic rings. The molecule has 6 nitrogen and oxygen atoms in total. The molecule has 0 fully saturated rings. The van der Waals surface area contributed by atoms with Crippen molar-refractivity contribution in [2.75, 3.05) is 11.9 Å². The van der Waals surface area contributed by atoms with E-state index in [1.54, 1.807) is 36.8 Å². The standard InChI is InChI=1S/C20H15FN4O2/c21-15-5-1-4-8-18(15)27-12-20(26)24-14-9-10-19(22-11-14)25-13-23-16-6-2-3-7-17(16)25/h1-11,13H,12H2,(H,24,26). The first-order chi connectivity index (χ1) is 13.2. The first-order valence-electron chi connectivity index (χ1n) is 8.26. The Morgan fingerprint density at radius 2 is 1.85 bits per heavy atom. The number of pyridine rings is 1. The van der Waals surface area contributed by atoms with Crippen LogP contribution in [0.25, 0.3) is 16.9 Å². The smallest absolute Gasteiger partial charge is 0.262 e. The third kappa shape index (κ3) is 3.62. The van der Waals surface area contributed by atoms with Gasteiger partial charge in [0.1, 0.15) is 12.1 Å². The van der Waals surface area contributed by atoms with E-state index in [-0.39, 0.29) is 12.4 Å². The van der Waals surface area contributed by atoms with Gasteiger partial charge in [0.2, 0.25) is 0 Å². The summed E-state index contributed by atoms with van der Waals surface area (Å²) in [5.41, 5.74) is 2.34. The highest BCUT2D eigenvalue weighted by atomic mass is 19.1. The SMILES string of the molecule is O=C(COc1ccccc1F)Nc1ccc(-n2cnc3ccccc32)nc1. The number of imidazole rings is 1. The minimum absolute atomic E-state index is 0.0353. The summed E-state index contributed by atoms with van der Waals surface area (Å²) in [7, 11) is 0. The molecule has 0 radical (unpaired) electrons. The van der Waals surface area contributed by atoms with Crippen molar-refractivity contribution < 1.29 is 13.9 Å². The quantitative estimate of drug-likeness (QED) is 0.589. The van der Waals surface area contributed by atoms with Crippen molar-refractivity contribution in [3.63, 3.8) is 0 Å². The lowest BCUT2D eigenvalue weighted by Gasteiger charge is -2.09. The Bertz CT molecular complexity index is 1090. The Morgan fingerprint density at radius 3 is 2.67 bits per heavy atom. The summed E-state index contributed by atoms with van der Waals surface area (Å²) in [6.07, 6.45) is 3.25. The maximum atomic E-state index is 13.5. The second-order valence-corrected chi connectivity index (χ2v) is 5.78. The molecule has 0 saturated carbocycles. The van der Waals surface area contributed by atoms with Crippen LogP contribution in [0.15, 0.2) is 73.2 Å². The third-order valence-electron chi connectivity index (χ3n) is 3.93. The third-order valence-corrected chi connectivity index (χ3v) is 3.93. The summed E-state index contributed by atoms with van der Waals surface area (Å²) in [5.74, 6) is -0.192. The lowest BCUT2D eigenvalue weighted by atomic mass is 10.3. The Hall–Kier alpha value is -3.74. The fourth-order valence-corrected chi connectivity index (χ4v) is 2.65. The van der Waals surface area contributed by atoms with Gasteiger partial charge in [-0.15, -0.1) is 0 Å². The van der Waals surface area contributed by atoms with E-state index in [4.69, 9.17) is 4.74 Å². The lowest BCUT2D eigenvalue weighted by Crippen LogP contribution is -2.20. The van der Waals surface area contributed by atoms with E-state index in [1.807, 2.05) is 28.8 Å². The number of anilines is 1. The number of benzene rings is 2. The van der Waals surface area contributed by atoms with Crippen molar-refractivity contribution in [3.8, 4) is 11.6 Å². The van der Waals surface area contributed by atoms with E-state index in [0.29, 0.717) is 11.5 Å². The van der Waals surface area contributed by atoms with Crippen LogP contribution in [-0.4, -0.2) is 27.0 Å². The van der Waals surface area contributed by atoms with Crippen LogP contribution in [0.2, 0.25) is 0 Å². The molecule has 0 aliphatic carbocycles. The largest absolute Gasteiger partial charge is 0.481 e. The topological polar surface area (TPSA) is 69.0 Å². The number of carbonyl (C=O) groups excluding carboxylic acids is 1. The molecule has 27 heavy (non-hydrogen) atoms. The van der Waals surface area contributed by atoms with Crippen molar-refractivity contribution in [1.82, 2.24) is 14.5 Å². The van der Waals surface area contributed by atoms with Crippen molar-refractivity contribution in [1.29, 1.82) is 0 Å². The second-order valence-electron chi connectivity index (χ2n) is 5.78. The summed E-state index contributed by atoms with van der Waals surface area (Å²) in [5, 5.41) is 2.67. The zero-order chi connectivity index (χ0) is 18.6. The number of fused-ring (bicyclic) bond motifs is 1. The Kier molecular flexibility index (Phi) is 4.49. The summed E-state index contributed by atoms with van der Waals surface area (Å²) < 4.78 is 20.5. The molecule has 7 heteroatoms. The first kappa shape index (κ1) is 16.7. The van der Waals surface area contributed by atoms with Crippen LogP contribution in [0.4, 0.5) is 10.1 Å². The van der Waals surface area contributed by atoms with Gasteiger partial charge < -0.3 is 10.1 Å². The number of ether oxygens (including phenoxy) is 1. The van der Waals surface area contributed by atoms with E-state index in [1.165, 1.54) is 12.1 Å². The minimum Gasteiger partial charge on any atom is -0.481 e. The number of para-hydroxylation sites is 3. The van der Waals surface area contributed by atoms with Crippen LogP contribution in [0.5, 0.6) is 5.75 Å². The molecule has 1 N–H and O–H groups in total. The van der Waals surface area contributed by atoms with Crippen LogP contribution in [-0.2, 0) is 4.79 Å². The number of aromatic nitrogens is 3. The number of nitrogens with one attached hydrogen (secondary N) is 1. The van der Waals surface area contributed by atoms with Gasteiger partial charge in [0.15, 0.2) is 18.2 Å².